The van der Waals surface area contributed by atoms with Crippen molar-refractivity contribution in [2.75, 3.05) is 51.0 Å². The van der Waals surface area contributed by atoms with Crippen molar-refractivity contribution < 1.29 is 33.6 Å². The molecule has 1 amide bonds. The van der Waals surface area contributed by atoms with Crippen LogP contribution in [0.5, 0.6) is 0 Å². The Morgan fingerprint density at radius 2 is 1.62 bits per heavy atom. The van der Waals surface area contributed by atoms with Gasteiger partial charge in [-0.25, -0.2) is 13.8 Å². The van der Waals surface area contributed by atoms with E-state index in [1.807, 2.05) is 43.3 Å². The average molecular weight is 609 g/mol. The third-order valence-electron chi connectivity index (χ3n) is 7.93. The Hall–Kier alpha value is -2.32. The first-order chi connectivity index (χ1) is 20.1. The molecule has 1 aliphatic heterocycles. The maximum absolute atomic E-state index is 13.1. The summed E-state index contributed by atoms with van der Waals surface area (Å²) in [6.07, 6.45) is 2.06. The molecule has 0 saturated carbocycles. The van der Waals surface area contributed by atoms with Crippen LogP contribution in [0.4, 0.5) is 5.69 Å². The number of benzene rings is 2. The lowest BCUT2D eigenvalue weighted by Gasteiger charge is -2.43. The average Bonchev–Trinajstić information content (AvgIpc) is 2.96. The highest BCUT2D eigenvalue weighted by Crippen LogP contribution is 2.31. The van der Waals surface area contributed by atoms with E-state index >= 15 is 0 Å². The van der Waals surface area contributed by atoms with Crippen LogP contribution in [0.1, 0.15) is 51.4 Å². The van der Waals surface area contributed by atoms with Crippen molar-refractivity contribution in [2.24, 2.45) is 0 Å². The Kier molecular flexibility index (Phi) is 13.4. The van der Waals surface area contributed by atoms with E-state index in [0.29, 0.717) is 37.2 Å². The van der Waals surface area contributed by atoms with Gasteiger partial charge in [0.15, 0.2) is 9.84 Å². The third-order valence-corrected chi connectivity index (χ3v) is 9.79. The topological polar surface area (TPSA) is 163 Å². The number of sulfone groups is 1. The number of β-amino-alcohol motifs (C(OH)–C–C–N with tert-alkyl or cyclic N) is 1. The molecule has 3 rings (SSSR count). The van der Waals surface area contributed by atoms with Crippen molar-refractivity contribution in [3.8, 4) is 0 Å². The molecule has 0 radical (unpaired) electrons. The fraction of sp³-hybridized carbons (Fsp3) is 0.633. The molecule has 0 aromatic heterocycles. The highest BCUT2D eigenvalue weighted by atomic mass is 32.2. The number of aliphatic hydroxyl groups excluding tert-OH is 4. The van der Waals surface area contributed by atoms with Crippen LogP contribution in [0, 0.1) is 0 Å². The summed E-state index contributed by atoms with van der Waals surface area (Å²) in [6, 6.07) is 10.6. The summed E-state index contributed by atoms with van der Waals surface area (Å²) in [6.45, 7) is 1.03. The van der Waals surface area contributed by atoms with Gasteiger partial charge in [-0.15, -0.1) is 0 Å². The van der Waals surface area contributed by atoms with Crippen LogP contribution in [-0.4, -0.2) is 110 Å². The van der Waals surface area contributed by atoms with E-state index in [9.17, 15) is 33.6 Å². The summed E-state index contributed by atoms with van der Waals surface area (Å²) >= 11 is 0. The summed E-state index contributed by atoms with van der Waals surface area (Å²) in [5.41, 5.74) is 6.62. The maximum atomic E-state index is 13.1. The predicted octanol–water partition coefficient (Wildman–Crippen LogP) is 1.18. The minimum Gasteiger partial charge on any atom is -0.395 e. The molecule has 0 bridgehead atoms. The van der Waals surface area contributed by atoms with Crippen molar-refractivity contribution in [2.45, 2.75) is 80.6 Å². The van der Waals surface area contributed by atoms with Crippen molar-refractivity contribution in [1.29, 1.82) is 0 Å². The molecule has 1 heterocycles. The van der Waals surface area contributed by atoms with E-state index in [2.05, 4.69) is 10.9 Å². The lowest BCUT2D eigenvalue weighted by atomic mass is 9.94. The molecule has 1 fully saturated rings. The summed E-state index contributed by atoms with van der Waals surface area (Å²) in [5.74, 6) is -0.00179. The van der Waals surface area contributed by atoms with Crippen LogP contribution in [0.25, 0.3) is 10.8 Å². The van der Waals surface area contributed by atoms with E-state index in [1.54, 1.807) is 17.0 Å². The van der Waals surface area contributed by atoms with E-state index in [1.165, 1.54) is 0 Å². The van der Waals surface area contributed by atoms with Gasteiger partial charge in [0.2, 0.25) is 5.91 Å². The lowest BCUT2D eigenvalue weighted by molar-refractivity contribution is -0.145. The number of aliphatic hydroxyl groups is 4. The minimum atomic E-state index is -3.41. The Labute approximate surface area is 249 Å². The molecular weight excluding hydrogens is 560 g/mol. The van der Waals surface area contributed by atoms with Gasteiger partial charge in [0.25, 0.3) is 0 Å². The van der Waals surface area contributed by atoms with Crippen LogP contribution in [-0.2, 0) is 14.6 Å². The first-order valence-electron chi connectivity index (χ1n) is 14.9. The molecular formula is C30H48N4O7S. The number of hydrazine groups is 1. The number of anilines is 1. The largest absolute Gasteiger partial charge is 0.395 e. The van der Waals surface area contributed by atoms with Gasteiger partial charge >= 0.3 is 0 Å². The number of carbonyl (C=O) groups excluding carboxylic acids is 1. The molecule has 11 nitrogen and oxygen atoms in total. The second kappa shape index (κ2) is 16.5. The summed E-state index contributed by atoms with van der Waals surface area (Å²) in [4.78, 5) is 16.2. The van der Waals surface area contributed by atoms with Crippen molar-refractivity contribution in [1.82, 2.24) is 15.8 Å². The molecule has 12 heteroatoms. The number of carbonyl (C=O) groups is 1. The Morgan fingerprint density at radius 3 is 2.36 bits per heavy atom. The molecule has 0 aliphatic carbocycles. The maximum Gasteiger partial charge on any atom is 0.234 e. The number of unbranched alkanes of at least 4 members (excludes halogenated alkanes) is 5. The van der Waals surface area contributed by atoms with Gasteiger partial charge < -0.3 is 25.3 Å². The Balaban J connectivity index is 1.25. The third kappa shape index (κ3) is 9.34. The van der Waals surface area contributed by atoms with Crippen molar-refractivity contribution in [3.05, 3.63) is 36.4 Å². The number of rotatable bonds is 17. The molecule has 236 valence electrons. The SMILES string of the molecule is CN(C)c1cccc2c(S(=O)(=O)CCCCCCNNC(=O)CCCCCN3C[C@H](O)[C@@H](O)[C@H](O)[C@H]3CO)cccc12. The molecule has 1 aliphatic rings. The number of hydrogen-bond donors (Lipinski definition) is 6. The fourth-order valence-corrected chi connectivity index (χ4v) is 7.13. The highest BCUT2D eigenvalue weighted by molar-refractivity contribution is 7.91. The number of hydrogen-bond acceptors (Lipinski definition) is 10. The van der Waals surface area contributed by atoms with Gasteiger partial charge in [-0.2, -0.15) is 0 Å². The molecule has 2 aromatic carbocycles. The first kappa shape index (κ1) is 34.2. The number of amides is 1. The van der Waals surface area contributed by atoms with Gasteiger partial charge in [0.05, 0.1) is 29.4 Å². The Bertz CT molecular complexity index is 1240. The molecule has 2 aromatic rings. The summed E-state index contributed by atoms with van der Waals surface area (Å²) in [7, 11) is 0.481. The van der Waals surface area contributed by atoms with Crippen LogP contribution in [0.15, 0.2) is 41.3 Å². The van der Waals surface area contributed by atoms with Gasteiger partial charge in [-0.1, -0.05) is 43.5 Å². The van der Waals surface area contributed by atoms with E-state index in [0.717, 1.165) is 48.6 Å². The molecule has 42 heavy (non-hydrogen) atoms. The standard InChI is InChI=1S/C30H48N4O7S/c1-33(2)24-14-10-13-23-22(24)12-11-15-27(23)42(40,41)19-9-4-3-7-17-31-32-28(37)16-6-5-8-18-34-20-26(36)30(39)29(38)25(34)21-35/h10-15,25-26,29-31,35-36,38-39H,3-9,16-21H2,1-2H3,(H,32,37)/t25-,26+,29-,30-/m1/s1. The van der Waals surface area contributed by atoms with Gasteiger partial charge in [0, 0.05) is 50.1 Å². The zero-order chi connectivity index (χ0) is 30.7. The molecule has 0 unspecified atom stereocenters. The van der Waals surface area contributed by atoms with E-state index in [-0.39, 0.29) is 24.8 Å². The quantitative estimate of drug-likeness (QED) is 0.114. The van der Waals surface area contributed by atoms with Crippen molar-refractivity contribution >= 4 is 32.2 Å². The second-order valence-corrected chi connectivity index (χ2v) is 13.4. The number of nitrogens with zero attached hydrogens (tertiary/aromatic N) is 2. The number of piperidine rings is 1. The smallest absolute Gasteiger partial charge is 0.234 e. The highest BCUT2D eigenvalue weighted by Gasteiger charge is 2.40. The normalized spacial score (nSPS) is 21.5. The second-order valence-electron chi connectivity index (χ2n) is 11.3. The number of nitrogens with one attached hydrogen (secondary N) is 2. The number of likely N-dealkylation sites (tertiary alicyclic amines) is 1. The fourth-order valence-electron chi connectivity index (χ4n) is 5.53. The summed E-state index contributed by atoms with van der Waals surface area (Å²) in [5, 5.41) is 40.9. The Morgan fingerprint density at radius 1 is 0.929 bits per heavy atom. The van der Waals surface area contributed by atoms with E-state index < -0.39 is 34.2 Å². The summed E-state index contributed by atoms with van der Waals surface area (Å²) < 4.78 is 26.2. The molecule has 6 N–H and O–H groups in total. The van der Waals surface area contributed by atoms with Crippen LogP contribution in [0.3, 0.4) is 0 Å². The van der Waals surface area contributed by atoms with E-state index in [4.69, 9.17) is 0 Å². The van der Waals surface area contributed by atoms with Gasteiger partial charge in [-0.05, 0) is 44.4 Å². The minimum absolute atomic E-state index is 0.101. The first-order valence-corrected chi connectivity index (χ1v) is 16.5. The van der Waals surface area contributed by atoms with Gasteiger partial charge in [0.1, 0.15) is 12.2 Å². The number of fused-ring (bicyclic) bond motifs is 1. The monoisotopic (exact) mass is 608 g/mol. The predicted molar refractivity (Wildman–Crippen MR) is 164 cm³/mol. The van der Waals surface area contributed by atoms with Crippen LogP contribution < -0.4 is 15.8 Å². The zero-order valence-corrected chi connectivity index (χ0v) is 25.6. The molecule has 1 saturated heterocycles. The lowest BCUT2D eigenvalue weighted by Crippen LogP contribution is -2.62. The van der Waals surface area contributed by atoms with Crippen LogP contribution >= 0.6 is 0 Å². The van der Waals surface area contributed by atoms with Crippen LogP contribution in [0.2, 0.25) is 0 Å². The van der Waals surface area contributed by atoms with Crippen molar-refractivity contribution in [3.63, 3.8) is 0 Å². The zero-order valence-electron chi connectivity index (χ0n) is 24.8. The van der Waals surface area contributed by atoms with Gasteiger partial charge in [-0.3, -0.25) is 15.1 Å². The molecule has 0 spiro atoms. The molecule has 4 atom stereocenters.